The van der Waals surface area contributed by atoms with Crippen molar-refractivity contribution in [1.29, 1.82) is 0 Å². The van der Waals surface area contributed by atoms with Gasteiger partial charge in [0.15, 0.2) is 5.76 Å². The van der Waals surface area contributed by atoms with Gasteiger partial charge in [0, 0.05) is 38.3 Å². The van der Waals surface area contributed by atoms with Crippen molar-refractivity contribution in [3.63, 3.8) is 0 Å². The Kier molecular flexibility index (Phi) is 6.95. The van der Waals surface area contributed by atoms with E-state index in [0.29, 0.717) is 61.7 Å². The van der Waals surface area contributed by atoms with Gasteiger partial charge in [0.05, 0.1) is 23.9 Å². The van der Waals surface area contributed by atoms with Crippen molar-refractivity contribution in [2.75, 3.05) is 39.3 Å². The number of oxazole rings is 1. The van der Waals surface area contributed by atoms with Gasteiger partial charge in [-0.15, -0.1) is 6.58 Å². The minimum Gasteiger partial charge on any atom is -0.436 e. The van der Waals surface area contributed by atoms with E-state index in [1.54, 1.807) is 53.4 Å². The third-order valence-corrected chi connectivity index (χ3v) is 5.50. The average molecular weight is 448 g/mol. The summed E-state index contributed by atoms with van der Waals surface area (Å²) < 4.78 is 20.0. The molecule has 0 aliphatic carbocycles. The first-order chi connectivity index (χ1) is 16.1. The van der Waals surface area contributed by atoms with E-state index in [0.717, 1.165) is 0 Å². The third kappa shape index (κ3) is 5.18. The van der Waals surface area contributed by atoms with E-state index in [9.17, 15) is 14.0 Å². The van der Waals surface area contributed by atoms with Gasteiger partial charge in [-0.2, -0.15) is 0 Å². The lowest BCUT2D eigenvalue weighted by atomic mass is 10.1. The fourth-order valence-electron chi connectivity index (χ4n) is 3.76. The average Bonchev–Trinajstić information content (AvgIpc) is 3.33. The fourth-order valence-corrected chi connectivity index (χ4v) is 3.76. The number of carbonyl (C=O) groups excluding carboxylic acids is 2. The summed E-state index contributed by atoms with van der Waals surface area (Å²) in [5.74, 6) is -0.0365. The van der Waals surface area contributed by atoms with Gasteiger partial charge < -0.3 is 14.6 Å². The third-order valence-electron chi connectivity index (χ3n) is 5.50. The minimum absolute atomic E-state index is 0.0606. The molecule has 7 nitrogen and oxygen atoms in total. The van der Waals surface area contributed by atoms with Gasteiger partial charge in [-0.25, -0.2) is 9.37 Å². The molecule has 1 aliphatic rings. The first-order valence-electron chi connectivity index (χ1n) is 10.8. The first-order valence-corrected chi connectivity index (χ1v) is 10.8. The van der Waals surface area contributed by atoms with Crippen molar-refractivity contribution < 1.29 is 18.4 Å². The molecule has 0 atom stereocenters. The Labute approximate surface area is 191 Å². The number of benzene rings is 2. The van der Waals surface area contributed by atoms with E-state index in [-0.39, 0.29) is 17.7 Å². The van der Waals surface area contributed by atoms with Gasteiger partial charge in [-0.3, -0.25) is 14.5 Å². The summed E-state index contributed by atoms with van der Waals surface area (Å²) in [5.41, 5.74) is 1.33. The molecule has 0 unspecified atom stereocenters. The molecule has 1 fully saturated rings. The smallest absolute Gasteiger partial charge is 0.254 e. The molecule has 0 saturated carbocycles. The number of amides is 2. The van der Waals surface area contributed by atoms with E-state index in [1.165, 1.54) is 12.3 Å². The number of carbonyl (C=O) groups is 2. The maximum absolute atomic E-state index is 14.1. The molecule has 1 N–H and O–H groups in total. The molecular weight excluding hydrogens is 423 g/mol. The molecule has 8 heteroatoms. The molecule has 0 bridgehead atoms. The lowest BCUT2D eigenvalue weighted by Gasteiger charge is -2.34. The van der Waals surface area contributed by atoms with Crippen LogP contribution in [-0.2, 0) is 4.79 Å². The zero-order chi connectivity index (χ0) is 23.2. The molecule has 0 spiro atoms. The molecule has 1 aliphatic heterocycles. The minimum atomic E-state index is -0.402. The van der Waals surface area contributed by atoms with Crippen LogP contribution in [-0.4, -0.2) is 65.9 Å². The first kappa shape index (κ1) is 22.4. The predicted octanol–water partition coefficient (Wildman–Crippen LogP) is 3.21. The van der Waals surface area contributed by atoms with Crippen LogP contribution < -0.4 is 5.32 Å². The van der Waals surface area contributed by atoms with Crippen LogP contribution >= 0.6 is 0 Å². The number of hydrogen-bond donors (Lipinski definition) is 1. The Bertz CT molecular complexity index is 1150. The van der Waals surface area contributed by atoms with Crippen LogP contribution in [0.2, 0.25) is 0 Å². The zero-order valence-electron chi connectivity index (χ0n) is 18.2. The second-order valence-electron chi connectivity index (χ2n) is 7.72. The van der Waals surface area contributed by atoms with E-state index in [1.807, 2.05) is 4.90 Å². The predicted molar refractivity (Wildman–Crippen MR) is 123 cm³/mol. The number of hydrogen-bond acceptors (Lipinski definition) is 5. The van der Waals surface area contributed by atoms with Crippen molar-refractivity contribution in [3.05, 3.63) is 78.8 Å². The van der Waals surface area contributed by atoms with Crippen LogP contribution in [0.3, 0.4) is 0 Å². The van der Waals surface area contributed by atoms with Crippen molar-refractivity contribution in [2.45, 2.75) is 0 Å². The lowest BCUT2D eigenvalue weighted by molar-refractivity contribution is -0.122. The lowest BCUT2D eigenvalue weighted by Crippen LogP contribution is -2.51. The summed E-state index contributed by atoms with van der Waals surface area (Å²) in [7, 11) is 0. The van der Waals surface area contributed by atoms with Gasteiger partial charge in [-0.1, -0.05) is 30.3 Å². The molecule has 33 heavy (non-hydrogen) atoms. The number of piperazine rings is 1. The van der Waals surface area contributed by atoms with E-state index < -0.39 is 5.82 Å². The number of nitrogens with zero attached hydrogens (tertiary/aromatic N) is 3. The van der Waals surface area contributed by atoms with Crippen LogP contribution in [0.5, 0.6) is 0 Å². The molecule has 3 aromatic rings. The molecular formula is C25H25FN4O3. The van der Waals surface area contributed by atoms with Crippen LogP contribution in [0, 0.1) is 5.82 Å². The van der Waals surface area contributed by atoms with E-state index in [2.05, 4.69) is 16.9 Å². The summed E-state index contributed by atoms with van der Waals surface area (Å²) in [4.78, 5) is 33.3. The van der Waals surface area contributed by atoms with Crippen molar-refractivity contribution >= 4 is 11.8 Å². The van der Waals surface area contributed by atoms with Gasteiger partial charge in [0.25, 0.3) is 5.91 Å². The quantitative estimate of drug-likeness (QED) is 0.562. The van der Waals surface area contributed by atoms with Gasteiger partial charge in [0.1, 0.15) is 5.82 Å². The fraction of sp³-hybridized carbons (Fsp3) is 0.240. The highest BCUT2D eigenvalue weighted by Gasteiger charge is 2.26. The van der Waals surface area contributed by atoms with Gasteiger partial charge in [0.2, 0.25) is 11.8 Å². The summed E-state index contributed by atoms with van der Waals surface area (Å²) in [6, 6.07) is 13.4. The molecule has 2 amide bonds. The summed E-state index contributed by atoms with van der Waals surface area (Å²) >= 11 is 0. The van der Waals surface area contributed by atoms with E-state index >= 15 is 0 Å². The summed E-state index contributed by atoms with van der Waals surface area (Å²) in [5, 5.41) is 2.76. The topological polar surface area (TPSA) is 78.7 Å². The molecule has 2 aromatic carbocycles. The molecule has 0 radical (unpaired) electrons. The molecule has 4 rings (SSSR count). The molecule has 1 saturated heterocycles. The highest BCUT2D eigenvalue weighted by Crippen LogP contribution is 2.30. The van der Waals surface area contributed by atoms with Crippen molar-refractivity contribution in [2.24, 2.45) is 0 Å². The number of halogens is 1. The maximum atomic E-state index is 14.1. The van der Waals surface area contributed by atoms with Crippen LogP contribution in [0.4, 0.5) is 4.39 Å². The largest absolute Gasteiger partial charge is 0.436 e. The second-order valence-corrected chi connectivity index (χ2v) is 7.72. The number of nitrogens with one attached hydrogen (secondary N) is 1. The summed E-state index contributed by atoms with van der Waals surface area (Å²) in [6.07, 6.45) is 3.10. The second kappa shape index (κ2) is 10.2. The Morgan fingerprint density at radius 3 is 2.48 bits per heavy atom. The number of aromatic nitrogens is 1. The highest BCUT2D eigenvalue weighted by atomic mass is 19.1. The van der Waals surface area contributed by atoms with Crippen LogP contribution in [0.1, 0.15) is 10.4 Å². The normalized spacial score (nSPS) is 14.2. The maximum Gasteiger partial charge on any atom is 0.254 e. The Morgan fingerprint density at radius 1 is 1.06 bits per heavy atom. The van der Waals surface area contributed by atoms with Gasteiger partial charge in [-0.05, 0) is 24.3 Å². The zero-order valence-corrected chi connectivity index (χ0v) is 18.2. The monoisotopic (exact) mass is 448 g/mol. The number of rotatable bonds is 7. The Hall–Kier alpha value is -3.78. The van der Waals surface area contributed by atoms with E-state index in [4.69, 9.17) is 4.42 Å². The van der Waals surface area contributed by atoms with Gasteiger partial charge >= 0.3 is 0 Å². The molecule has 2 heterocycles. The van der Waals surface area contributed by atoms with Crippen molar-refractivity contribution in [3.8, 4) is 22.8 Å². The van der Waals surface area contributed by atoms with Crippen molar-refractivity contribution in [1.82, 2.24) is 20.1 Å². The Balaban J connectivity index is 1.46. The highest BCUT2D eigenvalue weighted by molar-refractivity contribution is 6.00. The molecule has 170 valence electrons. The van der Waals surface area contributed by atoms with Crippen LogP contribution in [0.25, 0.3) is 22.8 Å². The SMILES string of the molecule is C=CCNC(=O)CN1CCN(C(=O)c2ccccc2-c2ncc(-c3ccccc3F)o2)CC1. The molecule has 1 aromatic heterocycles. The summed E-state index contributed by atoms with van der Waals surface area (Å²) in [6.45, 7) is 6.54. The van der Waals surface area contributed by atoms with Crippen LogP contribution in [0.15, 0.2) is 71.8 Å². The Morgan fingerprint density at radius 2 is 1.76 bits per heavy atom. The standard InChI is InChI=1S/C25H25FN4O3/c1-2-11-27-23(31)17-29-12-14-30(15-13-29)25(32)19-8-4-3-7-18(19)24-28-16-22(33-24)20-9-5-6-10-21(20)26/h2-10,16H,1,11-15,17H2,(H,27,31).